The molecule has 2 aromatic rings. The standard InChI is InChI=1S/C17H21NO4/c1-13-5-2-6-14(11-13)21-9-4-8-17(20)18-12-15(19)16-7-3-10-22-16/h2-3,5-7,10-11,15,19H,4,8-9,12H2,1H3,(H,18,20). The number of carbonyl (C=O) groups excluding carboxylic acids is 1. The summed E-state index contributed by atoms with van der Waals surface area (Å²) in [5, 5.41) is 12.4. The van der Waals surface area contributed by atoms with Crippen LogP contribution in [0.1, 0.15) is 30.3 Å². The number of hydrogen-bond donors (Lipinski definition) is 2. The molecule has 0 bridgehead atoms. The predicted molar refractivity (Wildman–Crippen MR) is 82.6 cm³/mol. The van der Waals surface area contributed by atoms with Gasteiger partial charge in [0, 0.05) is 6.42 Å². The zero-order valence-corrected chi connectivity index (χ0v) is 12.6. The average molecular weight is 303 g/mol. The molecule has 118 valence electrons. The van der Waals surface area contributed by atoms with Crippen molar-refractivity contribution >= 4 is 5.91 Å². The molecule has 0 fully saturated rings. The number of carbonyl (C=O) groups is 1. The van der Waals surface area contributed by atoms with Crippen LogP contribution in [0, 0.1) is 6.92 Å². The number of hydrogen-bond acceptors (Lipinski definition) is 4. The van der Waals surface area contributed by atoms with E-state index in [0.717, 1.165) is 11.3 Å². The fourth-order valence-electron chi connectivity index (χ4n) is 2.01. The molecule has 2 rings (SSSR count). The summed E-state index contributed by atoms with van der Waals surface area (Å²) >= 11 is 0. The minimum atomic E-state index is -0.817. The molecule has 0 spiro atoms. The van der Waals surface area contributed by atoms with Gasteiger partial charge in [-0.1, -0.05) is 12.1 Å². The minimum absolute atomic E-state index is 0.113. The third-order valence-electron chi connectivity index (χ3n) is 3.17. The fourth-order valence-corrected chi connectivity index (χ4v) is 2.01. The Labute approximate surface area is 129 Å². The molecule has 1 heterocycles. The van der Waals surface area contributed by atoms with E-state index in [1.807, 2.05) is 31.2 Å². The number of aryl methyl sites for hydroxylation is 1. The van der Waals surface area contributed by atoms with E-state index in [0.29, 0.717) is 25.2 Å². The Hall–Kier alpha value is -2.27. The van der Waals surface area contributed by atoms with E-state index < -0.39 is 6.10 Å². The second-order valence-corrected chi connectivity index (χ2v) is 5.10. The number of aliphatic hydroxyl groups excluding tert-OH is 1. The highest BCUT2D eigenvalue weighted by atomic mass is 16.5. The number of amides is 1. The fraction of sp³-hybridized carbons (Fsp3) is 0.353. The maximum atomic E-state index is 11.7. The summed E-state index contributed by atoms with van der Waals surface area (Å²) in [5.41, 5.74) is 1.14. The Balaban J connectivity index is 1.60. The van der Waals surface area contributed by atoms with E-state index in [1.54, 1.807) is 12.1 Å². The summed E-state index contributed by atoms with van der Waals surface area (Å²) in [5.74, 6) is 1.15. The van der Waals surface area contributed by atoms with E-state index in [-0.39, 0.29) is 12.5 Å². The Bertz CT molecular complexity index is 580. The van der Waals surface area contributed by atoms with Crippen molar-refractivity contribution in [2.75, 3.05) is 13.2 Å². The summed E-state index contributed by atoms with van der Waals surface area (Å²) in [4.78, 5) is 11.7. The zero-order valence-electron chi connectivity index (χ0n) is 12.6. The summed E-state index contributed by atoms with van der Waals surface area (Å²) in [7, 11) is 0. The summed E-state index contributed by atoms with van der Waals surface area (Å²) in [6.45, 7) is 2.63. The molecule has 22 heavy (non-hydrogen) atoms. The molecule has 0 saturated heterocycles. The van der Waals surface area contributed by atoms with Gasteiger partial charge < -0.3 is 19.6 Å². The molecule has 2 N–H and O–H groups in total. The molecule has 1 aromatic heterocycles. The van der Waals surface area contributed by atoms with Gasteiger partial charge in [0.05, 0.1) is 19.4 Å². The third kappa shape index (κ3) is 5.26. The number of furan rings is 1. The van der Waals surface area contributed by atoms with Gasteiger partial charge in [-0.3, -0.25) is 4.79 Å². The maximum Gasteiger partial charge on any atom is 0.220 e. The number of ether oxygens (including phenoxy) is 1. The van der Waals surface area contributed by atoms with E-state index in [4.69, 9.17) is 9.15 Å². The average Bonchev–Trinajstić information content (AvgIpc) is 3.04. The van der Waals surface area contributed by atoms with Crippen molar-refractivity contribution in [3.8, 4) is 5.75 Å². The molecule has 0 saturated carbocycles. The van der Waals surface area contributed by atoms with Crippen LogP contribution in [-0.4, -0.2) is 24.2 Å². The van der Waals surface area contributed by atoms with Crippen molar-refractivity contribution in [1.82, 2.24) is 5.32 Å². The Kier molecular flexibility index (Phi) is 6.03. The number of aliphatic hydroxyl groups is 1. The van der Waals surface area contributed by atoms with Gasteiger partial charge in [-0.15, -0.1) is 0 Å². The number of nitrogens with one attached hydrogen (secondary N) is 1. The van der Waals surface area contributed by atoms with Gasteiger partial charge in [-0.25, -0.2) is 0 Å². The molecular formula is C17H21NO4. The van der Waals surface area contributed by atoms with Crippen LogP contribution in [0.3, 0.4) is 0 Å². The highest BCUT2D eigenvalue weighted by Crippen LogP contribution is 2.13. The number of rotatable bonds is 8. The van der Waals surface area contributed by atoms with Crippen molar-refractivity contribution < 1.29 is 19.1 Å². The smallest absolute Gasteiger partial charge is 0.220 e. The van der Waals surface area contributed by atoms with Crippen LogP contribution in [0.15, 0.2) is 47.1 Å². The SMILES string of the molecule is Cc1cccc(OCCCC(=O)NCC(O)c2ccco2)c1. The van der Waals surface area contributed by atoms with Crippen LogP contribution in [0.4, 0.5) is 0 Å². The lowest BCUT2D eigenvalue weighted by Crippen LogP contribution is -2.28. The van der Waals surface area contributed by atoms with Crippen LogP contribution in [0.5, 0.6) is 5.75 Å². The molecule has 1 amide bonds. The van der Waals surface area contributed by atoms with Crippen LogP contribution < -0.4 is 10.1 Å². The first kappa shape index (κ1) is 16.1. The molecule has 0 aliphatic carbocycles. The molecular weight excluding hydrogens is 282 g/mol. The molecule has 5 nitrogen and oxygen atoms in total. The van der Waals surface area contributed by atoms with Gasteiger partial charge in [0.1, 0.15) is 17.6 Å². The largest absolute Gasteiger partial charge is 0.494 e. The van der Waals surface area contributed by atoms with Crippen molar-refractivity contribution in [2.24, 2.45) is 0 Å². The lowest BCUT2D eigenvalue weighted by atomic mass is 10.2. The van der Waals surface area contributed by atoms with Gasteiger partial charge >= 0.3 is 0 Å². The second kappa shape index (κ2) is 8.24. The molecule has 1 aromatic carbocycles. The van der Waals surface area contributed by atoms with E-state index in [1.165, 1.54) is 6.26 Å². The van der Waals surface area contributed by atoms with Gasteiger partial charge in [0.2, 0.25) is 5.91 Å². The summed E-state index contributed by atoms with van der Waals surface area (Å²) in [6, 6.07) is 11.2. The van der Waals surface area contributed by atoms with Crippen molar-refractivity contribution in [1.29, 1.82) is 0 Å². The Morgan fingerprint density at radius 2 is 2.23 bits per heavy atom. The predicted octanol–water partition coefficient (Wildman–Crippen LogP) is 2.60. The molecule has 0 radical (unpaired) electrons. The lowest BCUT2D eigenvalue weighted by molar-refractivity contribution is -0.121. The summed E-state index contributed by atoms with van der Waals surface area (Å²) in [6.07, 6.45) is 1.65. The maximum absolute atomic E-state index is 11.7. The highest BCUT2D eigenvalue weighted by Gasteiger charge is 2.11. The van der Waals surface area contributed by atoms with Crippen LogP contribution in [0.25, 0.3) is 0 Å². The quantitative estimate of drug-likeness (QED) is 0.735. The van der Waals surface area contributed by atoms with E-state index >= 15 is 0 Å². The third-order valence-corrected chi connectivity index (χ3v) is 3.17. The molecule has 5 heteroatoms. The van der Waals surface area contributed by atoms with Crippen molar-refractivity contribution in [2.45, 2.75) is 25.9 Å². The molecule has 0 aliphatic rings. The summed E-state index contributed by atoms with van der Waals surface area (Å²) < 4.78 is 10.6. The van der Waals surface area contributed by atoms with Crippen LogP contribution in [-0.2, 0) is 4.79 Å². The van der Waals surface area contributed by atoms with Gasteiger partial charge in [0.15, 0.2) is 0 Å². The molecule has 0 aliphatic heterocycles. The topological polar surface area (TPSA) is 71.7 Å². The normalized spacial score (nSPS) is 11.9. The van der Waals surface area contributed by atoms with Crippen LogP contribution >= 0.6 is 0 Å². The Morgan fingerprint density at radius 1 is 1.36 bits per heavy atom. The van der Waals surface area contributed by atoms with Gasteiger partial charge in [-0.05, 0) is 43.2 Å². The van der Waals surface area contributed by atoms with Crippen molar-refractivity contribution in [3.63, 3.8) is 0 Å². The number of benzene rings is 1. The minimum Gasteiger partial charge on any atom is -0.494 e. The van der Waals surface area contributed by atoms with E-state index in [2.05, 4.69) is 5.32 Å². The lowest BCUT2D eigenvalue weighted by Gasteiger charge is -2.10. The van der Waals surface area contributed by atoms with Crippen LogP contribution in [0.2, 0.25) is 0 Å². The van der Waals surface area contributed by atoms with Gasteiger partial charge in [0.25, 0.3) is 0 Å². The first-order valence-electron chi connectivity index (χ1n) is 7.33. The zero-order chi connectivity index (χ0) is 15.8. The second-order valence-electron chi connectivity index (χ2n) is 5.10. The first-order chi connectivity index (χ1) is 10.6. The Morgan fingerprint density at radius 3 is 2.95 bits per heavy atom. The molecule has 1 unspecified atom stereocenters. The monoisotopic (exact) mass is 303 g/mol. The molecule has 1 atom stereocenters. The first-order valence-corrected chi connectivity index (χ1v) is 7.33. The van der Waals surface area contributed by atoms with Gasteiger partial charge in [-0.2, -0.15) is 0 Å². The van der Waals surface area contributed by atoms with E-state index in [9.17, 15) is 9.90 Å². The van der Waals surface area contributed by atoms with Crippen molar-refractivity contribution in [3.05, 3.63) is 54.0 Å². The highest BCUT2D eigenvalue weighted by molar-refractivity contribution is 5.75.